The fourth-order valence-corrected chi connectivity index (χ4v) is 4.00. The summed E-state index contributed by atoms with van der Waals surface area (Å²) in [7, 11) is 0. The minimum Gasteiger partial charge on any atom is -0.463 e. The molecule has 0 unspecified atom stereocenters. The maximum absolute atomic E-state index is 12.7. The van der Waals surface area contributed by atoms with Crippen molar-refractivity contribution in [2.45, 2.75) is 47.1 Å². The van der Waals surface area contributed by atoms with Gasteiger partial charge in [0.15, 0.2) is 0 Å². The van der Waals surface area contributed by atoms with Crippen LogP contribution in [0.15, 0.2) is 11.3 Å². The number of ether oxygens (including phenoxy) is 2. The molecule has 0 radical (unpaired) electrons. The Kier molecular flexibility index (Phi) is 7.38. The maximum Gasteiger partial charge on any atom is 0.341 e. The van der Waals surface area contributed by atoms with Crippen LogP contribution in [0.3, 0.4) is 0 Å². The fraction of sp³-hybridized carbons (Fsp3) is 0.474. The largest absolute Gasteiger partial charge is 0.463 e. The van der Waals surface area contributed by atoms with Crippen LogP contribution in [0.25, 0.3) is 0 Å². The number of carbonyl (C=O) groups excluding carboxylic acids is 4. The summed E-state index contributed by atoms with van der Waals surface area (Å²) in [5.41, 5.74) is 1.36. The van der Waals surface area contributed by atoms with Gasteiger partial charge < -0.3 is 25.4 Å². The summed E-state index contributed by atoms with van der Waals surface area (Å²) < 4.78 is 10.5. The fourth-order valence-electron chi connectivity index (χ4n) is 2.91. The lowest BCUT2D eigenvalue weighted by Gasteiger charge is -2.28. The van der Waals surface area contributed by atoms with Gasteiger partial charge in [0, 0.05) is 11.8 Å². The van der Waals surface area contributed by atoms with E-state index in [1.54, 1.807) is 13.8 Å². The molecule has 9 nitrogen and oxygen atoms in total. The van der Waals surface area contributed by atoms with E-state index in [1.165, 1.54) is 18.3 Å². The number of esters is 2. The molecule has 0 aromatic carbocycles. The molecule has 0 aliphatic carbocycles. The van der Waals surface area contributed by atoms with Gasteiger partial charge in [-0.1, -0.05) is 6.92 Å². The summed E-state index contributed by atoms with van der Waals surface area (Å²) in [6.45, 7) is 8.30. The summed E-state index contributed by atoms with van der Waals surface area (Å²) in [4.78, 5) is 49.3. The Morgan fingerprint density at radius 2 is 1.83 bits per heavy atom. The molecule has 3 N–H and O–H groups in total. The average molecular weight is 423 g/mol. The van der Waals surface area contributed by atoms with Crippen molar-refractivity contribution in [3.63, 3.8) is 0 Å². The highest BCUT2D eigenvalue weighted by atomic mass is 32.1. The summed E-state index contributed by atoms with van der Waals surface area (Å²) in [6.07, 6.45) is 0.467. The van der Waals surface area contributed by atoms with Gasteiger partial charge in [0.1, 0.15) is 11.6 Å². The predicted octanol–water partition coefficient (Wildman–Crippen LogP) is 2.39. The van der Waals surface area contributed by atoms with Crippen LogP contribution in [-0.4, -0.2) is 43.1 Å². The molecule has 2 heterocycles. The van der Waals surface area contributed by atoms with E-state index in [2.05, 4.69) is 16.0 Å². The SMILES string of the molecule is CCOC(=O)C1=C(COC(=O)c2c(NC(C)=O)sc(C)c2C)NC(=O)N[C@@H]1CC. The first-order valence-corrected chi connectivity index (χ1v) is 10.0. The van der Waals surface area contributed by atoms with Gasteiger partial charge in [0.2, 0.25) is 5.91 Å². The first-order valence-electron chi connectivity index (χ1n) is 9.21. The van der Waals surface area contributed by atoms with Crippen LogP contribution in [0, 0.1) is 13.8 Å². The first-order chi connectivity index (χ1) is 13.7. The zero-order valence-electron chi connectivity index (χ0n) is 17.1. The highest BCUT2D eigenvalue weighted by Crippen LogP contribution is 2.33. The van der Waals surface area contributed by atoms with E-state index in [1.807, 2.05) is 13.8 Å². The number of carbonyl (C=O) groups is 4. The summed E-state index contributed by atoms with van der Waals surface area (Å²) >= 11 is 1.28. The number of aryl methyl sites for hydroxylation is 1. The molecule has 158 valence electrons. The van der Waals surface area contributed by atoms with Gasteiger partial charge in [0.05, 0.1) is 29.5 Å². The Balaban J connectivity index is 2.30. The van der Waals surface area contributed by atoms with Gasteiger partial charge in [-0.05, 0) is 32.8 Å². The van der Waals surface area contributed by atoms with E-state index >= 15 is 0 Å². The van der Waals surface area contributed by atoms with Crippen molar-refractivity contribution >= 4 is 40.2 Å². The van der Waals surface area contributed by atoms with Crippen molar-refractivity contribution < 1.29 is 28.7 Å². The van der Waals surface area contributed by atoms with Crippen LogP contribution < -0.4 is 16.0 Å². The zero-order valence-corrected chi connectivity index (χ0v) is 17.9. The van der Waals surface area contributed by atoms with Crippen molar-refractivity contribution in [2.75, 3.05) is 18.5 Å². The van der Waals surface area contributed by atoms with Crippen molar-refractivity contribution in [3.8, 4) is 0 Å². The summed E-state index contributed by atoms with van der Waals surface area (Å²) in [6, 6.07) is -1.03. The van der Waals surface area contributed by atoms with E-state index in [0.717, 1.165) is 4.88 Å². The smallest absolute Gasteiger partial charge is 0.341 e. The van der Waals surface area contributed by atoms with Crippen LogP contribution in [0.1, 0.15) is 48.0 Å². The van der Waals surface area contributed by atoms with Crippen LogP contribution in [0.5, 0.6) is 0 Å². The van der Waals surface area contributed by atoms with E-state index < -0.39 is 24.0 Å². The van der Waals surface area contributed by atoms with Gasteiger partial charge in [-0.15, -0.1) is 11.3 Å². The number of hydrogen-bond donors (Lipinski definition) is 3. The topological polar surface area (TPSA) is 123 Å². The molecule has 0 spiro atoms. The quantitative estimate of drug-likeness (QED) is 0.579. The van der Waals surface area contributed by atoms with E-state index in [0.29, 0.717) is 17.0 Å². The number of amides is 3. The van der Waals surface area contributed by atoms with Crippen molar-refractivity contribution in [1.82, 2.24) is 10.6 Å². The molecule has 10 heteroatoms. The Morgan fingerprint density at radius 1 is 1.14 bits per heavy atom. The number of thiophene rings is 1. The van der Waals surface area contributed by atoms with Gasteiger partial charge in [-0.25, -0.2) is 14.4 Å². The molecule has 2 rings (SSSR count). The molecule has 0 saturated heterocycles. The predicted molar refractivity (Wildman–Crippen MR) is 108 cm³/mol. The molecule has 1 aliphatic heterocycles. The lowest BCUT2D eigenvalue weighted by molar-refractivity contribution is -0.139. The lowest BCUT2D eigenvalue weighted by atomic mass is 10.0. The Hall–Kier alpha value is -2.88. The molecule has 0 saturated carbocycles. The van der Waals surface area contributed by atoms with Crippen molar-refractivity contribution in [3.05, 3.63) is 27.3 Å². The minimum absolute atomic E-state index is 0.174. The van der Waals surface area contributed by atoms with Crippen LogP contribution >= 0.6 is 11.3 Å². The first kappa shape index (κ1) is 22.4. The number of urea groups is 1. The van der Waals surface area contributed by atoms with E-state index in [4.69, 9.17) is 9.47 Å². The average Bonchev–Trinajstić information content (AvgIpc) is 2.92. The Bertz CT molecular complexity index is 874. The third-order valence-corrected chi connectivity index (χ3v) is 5.50. The van der Waals surface area contributed by atoms with Gasteiger partial charge >= 0.3 is 18.0 Å². The monoisotopic (exact) mass is 423 g/mol. The normalized spacial score (nSPS) is 16.0. The summed E-state index contributed by atoms with van der Waals surface area (Å²) in [5, 5.41) is 8.22. The maximum atomic E-state index is 12.7. The number of hydrogen-bond acceptors (Lipinski definition) is 7. The second-order valence-corrected chi connectivity index (χ2v) is 7.64. The van der Waals surface area contributed by atoms with Gasteiger partial charge in [0.25, 0.3) is 0 Å². The van der Waals surface area contributed by atoms with Crippen molar-refractivity contribution in [1.29, 1.82) is 0 Å². The highest BCUT2D eigenvalue weighted by molar-refractivity contribution is 7.16. The van der Waals surface area contributed by atoms with E-state index in [-0.39, 0.29) is 36.0 Å². The van der Waals surface area contributed by atoms with Gasteiger partial charge in [-0.3, -0.25) is 4.79 Å². The van der Waals surface area contributed by atoms with E-state index in [9.17, 15) is 19.2 Å². The molecule has 1 atom stereocenters. The van der Waals surface area contributed by atoms with Crippen LogP contribution in [0.4, 0.5) is 9.80 Å². The second-order valence-electron chi connectivity index (χ2n) is 6.42. The minimum atomic E-state index is -0.660. The molecule has 1 aromatic rings. The number of rotatable bonds is 7. The molecular weight excluding hydrogens is 398 g/mol. The Morgan fingerprint density at radius 3 is 2.41 bits per heavy atom. The highest BCUT2D eigenvalue weighted by Gasteiger charge is 2.32. The Labute approximate surface area is 172 Å². The second kappa shape index (κ2) is 9.55. The lowest BCUT2D eigenvalue weighted by Crippen LogP contribution is -2.51. The molecule has 1 aromatic heterocycles. The third kappa shape index (κ3) is 5.14. The molecular formula is C19H25N3O6S. The van der Waals surface area contributed by atoms with Gasteiger partial charge in [-0.2, -0.15) is 0 Å². The molecule has 0 bridgehead atoms. The third-order valence-electron chi connectivity index (χ3n) is 4.37. The number of nitrogens with one attached hydrogen (secondary N) is 3. The number of anilines is 1. The molecule has 1 aliphatic rings. The molecule has 3 amide bonds. The molecule has 29 heavy (non-hydrogen) atoms. The zero-order chi connectivity index (χ0) is 21.7. The molecule has 0 fully saturated rings. The summed E-state index contributed by atoms with van der Waals surface area (Å²) in [5.74, 6) is -1.55. The standard InChI is InChI=1S/C19H25N3O6S/c1-6-12-15(18(25)27-7-2)13(22-19(26)21-12)8-28-17(24)14-9(3)10(4)29-16(14)20-11(5)23/h12H,6-8H2,1-5H3,(H,20,23)(H2,21,22,26)/t12-/m1/s1. The van der Waals surface area contributed by atoms with Crippen LogP contribution in [-0.2, 0) is 19.1 Å². The van der Waals surface area contributed by atoms with Crippen LogP contribution in [0.2, 0.25) is 0 Å². The van der Waals surface area contributed by atoms with Crippen molar-refractivity contribution in [2.24, 2.45) is 0 Å².